The number of carbonyl (C=O) groups is 12. The number of ketones is 5. The summed E-state index contributed by atoms with van der Waals surface area (Å²) in [6.45, 7) is 17.2. The number of nitrogen functional groups attached to an aromatic ring is 5. The van der Waals surface area contributed by atoms with Crippen molar-refractivity contribution in [1.29, 1.82) is 0 Å². The van der Waals surface area contributed by atoms with Crippen molar-refractivity contribution >= 4 is 98.8 Å². The summed E-state index contributed by atoms with van der Waals surface area (Å²) in [6, 6.07) is 52.7. The average molecular weight is 1850 g/mol. The second-order valence-electron chi connectivity index (χ2n) is 31.4. The summed E-state index contributed by atoms with van der Waals surface area (Å²) in [5.41, 5.74) is 39.9. The maximum atomic E-state index is 12.8. The van der Waals surface area contributed by atoms with Gasteiger partial charge >= 0.3 is 11.9 Å². The number of Topliss-reactive ketones (excluding diaryl/α,β-unsaturated/α-hetero) is 5. The van der Waals surface area contributed by atoms with Gasteiger partial charge in [-0.05, 0) is 224 Å². The molecule has 1 fully saturated rings. The highest BCUT2D eigenvalue weighted by molar-refractivity contribution is 5.88. The number of hydrogen-bond acceptors (Lipinski definition) is 26. The van der Waals surface area contributed by atoms with Gasteiger partial charge in [0.1, 0.15) is 47.9 Å². The van der Waals surface area contributed by atoms with Gasteiger partial charge in [0, 0.05) is 194 Å². The molecule has 1 atom stereocenters. The van der Waals surface area contributed by atoms with Crippen molar-refractivity contribution in [3.8, 4) is 5.75 Å². The molecule has 5 amide bonds. The number of nitrogens with zero attached hydrogens (tertiary/aromatic N) is 7. The van der Waals surface area contributed by atoms with Crippen LogP contribution in [0.1, 0.15) is 227 Å². The summed E-state index contributed by atoms with van der Waals surface area (Å²) in [4.78, 5) is 176. The van der Waals surface area contributed by atoms with Crippen LogP contribution in [0.5, 0.6) is 5.75 Å². The van der Waals surface area contributed by atoms with Gasteiger partial charge in [0.2, 0.25) is 29.5 Å². The molecule has 9 rings (SSSR count). The smallest absolute Gasteiger partial charge is 0.308 e. The second kappa shape index (κ2) is 65.5. The fourth-order valence-corrected chi connectivity index (χ4v) is 13.5. The number of aryl methyl sites for hydroxylation is 5. The SMILES string of the molecule is CCN(OCc1cccnc1)C(=O)CCC(=O)CCc1ccc(N)cc1.CCN(OCc1ccncc1)C(=O)CCC(=O)CCc1ccc(N)cc1.CCOC(=O)CCCON(CC)C(=O)CCC(=O)CCc1ccc(N)cc1.CCOC(=O)CCON(CC)C(=O)CCC(=O)CCc1ccc(N)cc1.CCOc1ccccc1C1CCCN1C(=O)CCC(=O)CCc1ccc(N)cc1. The van der Waals surface area contributed by atoms with Crippen molar-refractivity contribution < 1.29 is 91.1 Å². The Balaban J connectivity index is 0.000000296. The van der Waals surface area contributed by atoms with Crippen LogP contribution < -0.4 is 33.4 Å². The first-order chi connectivity index (χ1) is 64.7. The van der Waals surface area contributed by atoms with Crippen molar-refractivity contribution in [3.63, 3.8) is 0 Å². The van der Waals surface area contributed by atoms with E-state index in [0.717, 1.165) is 75.3 Å². The highest BCUT2D eigenvalue weighted by atomic mass is 16.7. The Morgan fingerprint density at radius 3 is 1.04 bits per heavy atom. The van der Waals surface area contributed by atoms with Gasteiger partial charge in [-0.1, -0.05) is 84.9 Å². The molecule has 31 nitrogen and oxygen atoms in total. The zero-order valence-corrected chi connectivity index (χ0v) is 79.0. The minimum absolute atomic E-state index is 0.0257. The second-order valence-corrected chi connectivity index (χ2v) is 31.4. The number of aromatic nitrogens is 2. The molecule has 0 aliphatic carbocycles. The van der Waals surface area contributed by atoms with Crippen molar-refractivity contribution in [3.05, 3.63) is 239 Å². The van der Waals surface area contributed by atoms with Crippen LogP contribution in [-0.2, 0) is 132 Å². The number of hydroxylamine groups is 8. The lowest BCUT2D eigenvalue weighted by atomic mass is 10.0. The molecule has 0 saturated carbocycles. The van der Waals surface area contributed by atoms with Gasteiger partial charge in [-0.25, -0.2) is 20.3 Å². The third kappa shape index (κ3) is 46.8. The normalized spacial score (nSPS) is 11.7. The number of benzene rings is 6. The first-order valence-corrected chi connectivity index (χ1v) is 46.3. The van der Waals surface area contributed by atoms with E-state index in [2.05, 4.69) is 9.97 Å². The van der Waals surface area contributed by atoms with E-state index in [1.807, 2.05) is 183 Å². The van der Waals surface area contributed by atoms with Crippen LogP contribution in [0.15, 0.2) is 195 Å². The predicted molar refractivity (Wildman–Crippen MR) is 515 cm³/mol. The Morgan fingerprint density at radius 2 is 0.687 bits per heavy atom. The van der Waals surface area contributed by atoms with Crippen LogP contribution in [0.4, 0.5) is 28.4 Å². The number of likely N-dealkylation sites (tertiary alicyclic amines) is 1. The average Bonchev–Trinajstić information content (AvgIpc) is 1.65. The number of carbonyl (C=O) groups excluding carboxylic acids is 12. The third-order valence-corrected chi connectivity index (χ3v) is 21.0. The number of anilines is 5. The van der Waals surface area contributed by atoms with E-state index in [0.29, 0.717) is 152 Å². The molecule has 3 heterocycles. The maximum Gasteiger partial charge on any atom is 0.308 e. The van der Waals surface area contributed by atoms with Crippen molar-refractivity contribution in [1.82, 2.24) is 35.1 Å². The molecule has 724 valence electrons. The zero-order valence-electron chi connectivity index (χ0n) is 79.0. The molecule has 1 saturated heterocycles. The van der Waals surface area contributed by atoms with Gasteiger partial charge in [-0.15, -0.1) is 0 Å². The molecule has 2 aromatic heterocycles. The third-order valence-electron chi connectivity index (χ3n) is 21.0. The molecule has 10 N–H and O–H groups in total. The summed E-state index contributed by atoms with van der Waals surface area (Å²) in [6.07, 6.45) is 16.7. The minimum Gasteiger partial charge on any atom is -0.494 e. The molecule has 0 bridgehead atoms. The number of pyridine rings is 2. The highest BCUT2D eigenvalue weighted by Gasteiger charge is 2.32. The monoisotopic (exact) mass is 1850 g/mol. The first-order valence-electron chi connectivity index (χ1n) is 46.3. The van der Waals surface area contributed by atoms with E-state index < -0.39 is 0 Å². The predicted octanol–water partition coefficient (Wildman–Crippen LogP) is 15.1. The topological polar surface area (TPSA) is 442 Å². The lowest BCUT2D eigenvalue weighted by Crippen LogP contribution is -2.32. The summed E-state index contributed by atoms with van der Waals surface area (Å²) in [5.74, 6) is -0.267. The van der Waals surface area contributed by atoms with Gasteiger partial charge in [0.05, 0.1) is 45.5 Å². The molecule has 0 spiro atoms. The molecular weight excluding hydrogens is 1710 g/mol. The van der Waals surface area contributed by atoms with Crippen LogP contribution in [0, 0.1) is 0 Å². The number of rotatable bonds is 54. The lowest BCUT2D eigenvalue weighted by molar-refractivity contribution is -0.190. The fourth-order valence-electron chi connectivity index (χ4n) is 13.5. The van der Waals surface area contributed by atoms with E-state index in [1.54, 1.807) is 64.6 Å². The number of nitrogens with two attached hydrogens (primary N) is 5. The Kier molecular flexibility index (Phi) is 54.4. The number of amides is 5. The van der Waals surface area contributed by atoms with Crippen molar-refractivity contribution in [2.24, 2.45) is 0 Å². The molecule has 0 radical (unpaired) electrons. The Hall–Kier alpha value is -13.1. The number of ether oxygens (including phenoxy) is 3. The van der Waals surface area contributed by atoms with Crippen LogP contribution in [-0.4, -0.2) is 171 Å². The summed E-state index contributed by atoms with van der Waals surface area (Å²) in [5, 5.41) is 5.05. The largest absolute Gasteiger partial charge is 0.494 e. The van der Waals surface area contributed by atoms with Gasteiger partial charge in [-0.2, -0.15) is 0 Å². The maximum absolute atomic E-state index is 12.8. The number of hydrogen-bond donors (Lipinski definition) is 5. The van der Waals surface area contributed by atoms with Gasteiger partial charge in [-0.3, -0.25) is 86.9 Å². The fraction of sp³-hybridized carbons (Fsp3) is 0.437. The summed E-state index contributed by atoms with van der Waals surface area (Å²) >= 11 is 0. The molecular formula is C103H138N12O19. The number of esters is 2. The Morgan fingerprint density at radius 1 is 0.336 bits per heavy atom. The van der Waals surface area contributed by atoms with E-state index in [9.17, 15) is 57.5 Å². The van der Waals surface area contributed by atoms with Crippen LogP contribution in [0.25, 0.3) is 0 Å². The van der Waals surface area contributed by atoms with Gasteiger partial charge in [0.15, 0.2) is 0 Å². The Bertz CT molecular complexity index is 4700. The summed E-state index contributed by atoms with van der Waals surface area (Å²) in [7, 11) is 0. The molecule has 1 aliphatic rings. The minimum atomic E-state index is -0.367. The molecule has 6 aromatic carbocycles. The quantitative estimate of drug-likeness (QED) is 0.0102. The zero-order chi connectivity index (χ0) is 97.6. The lowest BCUT2D eigenvalue weighted by Gasteiger charge is -2.26. The molecule has 134 heavy (non-hydrogen) atoms. The highest BCUT2D eigenvalue weighted by Crippen LogP contribution is 2.38. The van der Waals surface area contributed by atoms with Crippen molar-refractivity contribution in [2.45, 2.75) is 228 Å². The van der Waals surface area contributed by atoms with Crippen LogP contribution in [0.2, 0.25) is 0 Å². The van der Waals surface area contributed by atoms with E-state index in [1.165, 1.54) is 20.3 Å². The van der Waals surface area contributed by atoms with E-state index in [-0.39, 0.29) is 167 Å². The van der Waals surface area contributed by atoms with E-state index >= 15 is 0 Å². The summed E-state index contributed by atoms with van der Waals surface area (Å²) < 4.78 is 15.4. The standard InChI is InChI=1S/C24H30N2O3.2C20H25N3O3.C20H30N2O5.C19H28N2O5/c1-2-29-23-8-4-3-6-21(23)22-7-5-17-26(22)24(28)16-15-20(27)14-11-18-9-12-19(25)13-10-18;1-2-23(26-15-17-11-13-22-14-12-17)20(25)10-9-19(24)8-5-16-3-6-18(21)7-4-16;1-2-23(26-15-17-4-3-13-22-14-17)20(25)12-11-19(24)10-7-16-5-8-18(21)9-6-16;1-3-22(27-15-5-6-20(25)26-4-2)19(24)14-13-18(23)12-9-16-7-10-17(21)11-8-16;1-3-21(26-14-13-19(24)25-4-2)18(23)12-11-17(22)10-7-15-5-8-16(20)9-6-15/h3-4,6,8-10,12-13,22H,2,5,7,11,14-17,25H2,1H3;3-4,6-7,11-14H,2,5,8-10,15,21H2,1H3;3-6,8-9,13-14H,2,7,10-12,15,21H2,1H3;7-8,10-11H,3-6,9,12-15,21H2,1-2H3;5-6,8-9H,3-4,7,10-14,20H2,1-2H3. The van der Waals surface area contributed by atoms with Gasteiger partial charge < -0.3 is 47.8 Å². The van der Waals surface area contributed by atoms with Crippen molar-refractivity contribution in [2.75, 3.05) is 94.4 Å². The first kappa shape index (κ1) is 111. The Labute approximate surface area is 788 Å². The molecule has 31 heteroatoms. The van der Waals surface area contributed by atoms with E-state index in [4.69, 9.17) is 62.2 Å². The van der Waals surface area contributed by atoms with Crippen LogP contribution >= 0.6 is 0 Å². The van der Waals surface area contributed by atoms with Gasteiger partial charge in [0.25, 0.3) is 0 Å². The van der Waals surface area contributed by atoms with Crippen LogP contribution in [0.3, 0.4) is 0 Å². The molecule has 1 unspecified atom stereocenters. The molecule has 1 aliphatic heterocycles. The number of para-hydroxylation sites is 1. The molecule has 8 aromatic rings.